The highest BCUT2D eigenvalue weighted by Crippen LogP contribution is 2.05. The Balaban J connectivity index is 3.12. The van der Waals surface area contributed by atoms with Crippen LogP contribution in [-0.4, -0.2) is 39.5 Å². The zero-order valence-electron chi connectivity index (χ0n) is 11.4. The van der Waals surface area contributed by atoms with E-state index in [1.165, 1.54) is 12.8 Å². The van der Waals surface area contributed by atoms with Crippen LogP contribution in [0.3, 0.4) is 0 Å². The Labute approximate surface area is 101 Å². The molecule has 98 valence electrons. The molecule has 0 spiro atoms. The van der Waals surface area contributed by atoms with Gasteiger partial charge in [-0.15, -0.1) is 0 Å². The topological polar surface area (TPSA) is 30.5 Å². The van der Waals surface area contributed by atoms with Gasteiger partial charge in [0.2, 0.25) is 0 Å². The second-order valence-corrected chi connectivity index (χ2v) is 4.79. The van der Waals surface area contributed by atoms with Gasteiger partial charge in [0.15, 0.2) is 0 Å². The highest BCUT2D eigenvalue weighted by molar-refractivity contribution is 4.61. The molecular weight excluding hydrogens is 202 g/mol. The predicted molar refractivity (Wildman–Crippen MR) is 68.8 cm³/mol. The Morgan fingerprint density at radius 1 is 1.00 bits per heavy atom. The second-order valence-electron chi connectivity index (χ2n) is 4.79. The van der Waals surface area contributed by atoms with Gasteiger partial charge in [-0.3, -0.25) is 0 Å². The molecule has 3 nitrogen and oxygen atoms in total. The normalized spacial score (nSPS) is 13.3. The Kier molecular flexibility index (Phi) is 11.3. The maximum atomic E-state index is 5.47. The third-order valence-corrected chi connectivity index (χ3v) is 2.55. The highest BCUT2D eigenvalue weighted by Gasteiger charge is 2.02. The van der Waals surface area contributed by atoms with E-state index in [1.807, 2.05) is 0 Å². The fraction of sp³-hybridized carbons (Fsp3) is 1.00. The summed E-state index contributed by atoms with van der Waals surface area (Å²) >= 11 is 0. The molecule has 0 aliphatic heterocycles. The van der Waals surface area contributed by atoms with Gasteiger partial charge in [-0.05, 0) is 32.1 Å². The first-order valence-corrected chi connectivity index (χ1v) is 6.47. The molecule has 3 heteroatoms. The van der Waals surface area contributed by atoms with Gasteiger partial charge in [0.05, 0.1) is 6.61 Å². The SMILES string of the molecule is COCCCOCCNC(C)CCC(C)C. The Bertz CT molecular complexity index is 140. The molecule has 0 bridgehead atoms. The lowest BCUT2D eigenvalue weighted by Crippen LogP contribution is -2.29. The third-order valence-electron chi connectivity index (χ3n) is 2.55. The number of ether oxygens (including phenoxy) is 2. The standard InChI is InChI=1S/C13H29NO2/c1-12(2)6-7-13(3)14-8-11-16-10-5-9-15-4/h12-14H,5-11H2,1-4H3. The van der Waals surface area contributed by atoms with Crippen molar-refractivity contribution >= 4 is 0 Å². The fourth-order valence-electron chi connectivity index (χ4n) is 1.47. The molecule has 1 unspecified atom stereocenters. The summed E-state index contributed by atoms with van der Waals surface area (Å²) in [6.45, 7) is 10.1. The quantitative estimate of drug-likeness (QED) is 0.554. The van der Waals surface area contributed by atoms with Crippen molar-refractivity contribution in [1.29, 1.82) is 0 Å². The molecule has 0 saturated heterocycles. The van der Waals surface area contributed by atoms with Crippen LogP contribution in [0.25, 0.3) is 0 Å². The Hall–Kier alpha value is -0.120. The number of methoxy groups -OCH3 is 1. The molecule has 0 aromatic rings. The summed E-state index contributed by atoms with van der Waals surface area (Å²) in [7, 11) is 1.72. The van der Waals surface area contributed by atoms with Crippen molar-refractivity contribution in [2.45, 2.75) is 46.1 Å². The van der Waals surface area contributed by atoms with Crippen molar-refractivity contribution in [2.24, 2.45) is 5.92 Å². The minimum atomic E-state index is 0.602. The van der Waals surface area contributed by atoms with E-state index in [4.69, 9.17) is 9.47 Å². The van der Waals surface area contributed by atoms with Crippen LogP contribution in [0.5, 0.6) is 0 Å². The van der Waals surface area contributed by atoms with E-state index in [1.54, 1.807) is 7.11 Å². The molecule has 0 rings (SSSR count). The fourth-order valence-corrected chi connectivity index (χ4v) is 1.47. The maximum absolute atomic E-state index is 5.47. The first kappa shape index (κ1) is 15.9. The molecule has 0 fully saturated rings. The van der Waals surface area contributed by atoms with E-state index < -0.39 is 0 Å². The Morgan fingerprint density at radius 2 is 1.75 bits per heavy atom. The summed E-state index contributed by atoms with van der Waals surface area (Å²) in [5.74, 6) is 0.801. The summed E-state index contributed by atoms with van der Waals surface area (Å²) in [5.41, 5.74) is 0. The summed E-state index contributed by atoms with van der Waals surface area (Å²) in [5, 5.41) is 3.47. The predicted octanol–water partition coefficient (Wildman–Crippen LogP) is 2.45. The molecule has 0 aromatic carbocycles. The molecule has 0 aromatic heterocycles. The molecule has 0 amide bonds. The zero-order chi connectivity index (χ0) is 12.2. The monoisotopic (exact) mass is 231 g/mol. The van der Waals surface area contributed by atoms with Gasteiger partial charge in [-0.1, -0.05) is 13.8 Å². The van der Waals surface area contributed by atoms with Crippen molar-refractivity contribution < 1.29 is 9.47 Å². The van der Waals surface area contributed by atoms with Gasteiger partial charge in [0.1, 0.15) is 0 Å². The molecule has 0 heterocycles. The van der Waals surface area contributed by atoms with Gasteiger partial charge in [-0.25, -0.2) is 0 Å². The van der Waals surface area contributed by atoms with Gasteiger partial charge in [0, 0.05) is 32.9 Å². The molecule has 16 heavy (non-hydrogen) atoms. The van der Waals surface area contributed by atoms with E-state index >= 15 is 0 Å². The van der Waals surface area contributed by atoms with E-state index in [2.05, 4.69) is 26.1 Å². The van der Waals surface area contributed by atoms with Crippen molar-refractivity contribution in [3.05, 3.63) is 0 Å². The van der Waals surface area contributed by atoms with Crippen LogP contribution in [-0.2, 0) is 9.47 Å². The highest BCUT2D eigenvalue weighted by atomic mass is 16.5. The lowest BCUT2D eigenvalue weighted by atomic mass is 10.0. The lowest BCUT2D eigenvalue weighted by Gasteiger charge is -2.14. The van der Waals surface area contributed by atoms with Crippen LogP contribution in [0.4, 0.5) is 0 Å². The maximum Gasteiger partial charge on any atom is 0.0591 e. The van der Waals surface area contributed by atoms with Gasteiger partial charge < -0.3 is 14.8 Å². The van der Waals surface area contributed by atoms with Crippen molar-refractivity contribution in [1.82, 2.24) is 5.32 Å². The smallest absolute Gasteiger partial charge is 0.0591 e. The largest absolute Gasteiger partial charge is 0.385 e. The van der Waals surface area contributed by atoms with Crippen molar-refractivity contribution in [3.63, 3.8) is 0 Å². The summed E-state index contributed by atoms with van der Waals surface area (Å²) in [4.78, 5) is 0. The average molecular weight is 231 g/mol. The van der Waals surface area contributed by atoms with Crippen LogP contribution in [0.15, 0.2) is 0 Å². The molecule has 0 aliphatic carbocycles. The van der Waals surface area contributed by atoms with Crippen LogP contribution >= 0.6 is 0 Å². The van der Waals surface area contributed by atoms with Gasteiger partial charge >= 0.3 is 0 Å². The van der Waals surface area contributed by atoms with Gasteiger partial charge in [0.25, 0.3) is 0 Å². The van der Waals surface area contributed by atoms with E-state index in [0.29, 0.717) is 6.04 Å². The molecule has 0 saturated carbocycles. The second kappa shape index (κ2) is 11.4. The lowest BCUT2D eigenvalue weighted by molar-refractivity contribution is 0.103. The molecule has 1 N–H and O–H groups in total. The van der Waals surface area contributed by atoms with Crippen molar-refractivity contribution in [2.75, 3.05) is 33.5 Å². The minimum absolute atomic E-state index is 0.602. The molecular formula is C13H29NO2. The first-order valence-electron chi connectivity index (χ1n) is 6.47. The Morgan fingerprint density at radius 3 is 2.38 bits per heavy atom. The first-order chi connectivity index (χ1) is 7.66. The number of hydrogen-bond acceptors (Lipinski definition) is 3. The molecule has 0 radical (unpaired) electrons. The molecule has 0 aliphatic rings. The summed E-state index contributed by atoms with van der Waals surface area (Å²) in [6.07, 6.45) is 3.53. The van der Waals surface area contributed by atoms with Crippen LogP contribution < -0.4 is 5.32 Å². The van der Waals surface area contributed by atoms with Gasteiger partial charge in [-0.2, -0.15) is 0 Å². The minimum Gasteiger partial charge on any atom is -0.385 e. The van der Waals surface area contributed by atoms with Crippen LogP contribution in [0.2, 0.25) is 0 Å². The number of nitrogens with one attached hydrogen (secondary N) is 1. The number of hydrogen-bond donors (Lipinski definition) is 1. The summed E-state index contributed by atoms with van der Waals surface area (Å²) < 4.78 is 10.4. The molecule has 1 atom stereocenters. The van der Waals surface area contributed by atoms with Crippen molar-refractivity contribution in [3.8, 4) is 0 Å². The number of rotatable bonds is 11. The summed E-state index contributed by atoms with van der Waals surface area (Å²) in [6, 6.07) is 0.602. The van der Waals surface area contributed by atoms with E-state index in [0.717, 1.165) is 38.7 Å². The average Bonchev–Trinajstić information content (AvgIpc) is 2.25. The van der Waals surface area contributed by atoms with Crippen LogP contribution in [0.1, 0.15) is 40.0 Å². The van der Waals surface area contributed by atoms with E-state index in [-0.39, 0.29) is 0 Å². The van der Waals surface area contributed by atoms with Crippen LogP contribution in [0, 0.1) is 5.92 Å². The third kappa shape index (κ3) is 12.0. The zero-order valence-corrected chi connectivity index (χ0v) is 11.4. The van der Waals surface area contributed by atoms with E-state index in [9.17, 15) is 0 Å².